The molecule has 0 aromatic carbocycles. The maximum Gasteiger partial charge on any atom is 0.326 e. The molecule has 0 aromatic heterocycles. The first-order valence-corrected chi connectivity index (χ1v) is 9.82. The lowest BCUT2D eigenvalue weighted by Crippen LogP contribution is -2.60. The summed E-state index contributed by atoms with van der Waals surface area (Å²) in [5.41, 5.74) is 20.8. The summed E-state index contributed by atoms with van der Waals surface area (Å²) >= 11 is 0. The van der Waals surface area contributed by atoms with E-state index in [1.54, 1.807) is 0 Å². The molecule has 0 radical (unpaired) electrons. The first-order valence-electron chi connectivity index (χ1n) is 9.82. The second-order valence-electron chi connectivity index (χ2n) is 7.10. The Kier molecular flexibility index (Phi) is 13.0. The number of hydrogen-bond acceptors (Lipinski definition) is 9. The monoisotopic (exact) mass is 476 g/mol. The lowest BCUT2D eigenvalue weighted by atomic mass is 10.1. The second-order valence-corrected chi connectivity index (χ2v) is 7.10. The van der Waals surface area contributed by atoms with Crippen molar-refractivity contribution in [3.05, 3.63) is 0 Å². The van der Waals surface area contributed by atoms with Gasteiger partial charge in [-0.3, -0.25) is 24.2 Å². The number of primary amides is 1. The number of nitrogens with zero attached hydrogens (tertiary/aromatic N) is 1. The SMILES string of the molecule is C[C@@H](O)[C@H](NC(=O)[C@H](CO)NC(=O)[C@@H](N)CC(N)=O)C(=O)N[C@@H](CCCN=C(N)N)C(=O)O. The zero-order chi connectivity index (χ0) is 25.7. The van der Waals surface area contributed by atoms with E-state index in [1.165, 1.54) is 0 Å². The number of nitrogens with two attached hydrogens (primary N) is 4. The van der Waals surface area contributed by atoms with Gasteiger partial charge in [-0.15, -0.1) is 0 Å². The van der Waals surface area contributed by atoms with Crippen molar-refractivity contribution in [2.45, 2.75) is 56.5 Å². The Bertz CT molecular complexity index is 741. The molecule has 0 saturated heterocycles. The van der Waals surface area contributed by atoms with Gasteiger partial charge < -0.3 is 54.2 Å². The molecule has 0 bridgehead atoms. The van der Waals surface area contributed by atoms with Crippen LogP contribution in [-0.4, -0.2) is 94.3 Å². The number of guanidine groups is 1. The summed E-state index contributed by atoms with van der Waals surface area (Å²) in [6.45, 7) is 0.375. The third kappa shape index (κ3) is 11.6. The van der Waals surface area contributed by atoms with Crippen molar-refractivity contribution in [1.29, 1.82) is 0 Å². The second kappa shape index (κ2) is 14.5. The molecule has 0 saturated carbocycles. The van der Waals surface area contributed by atoms with E-state index < -0.39 is 72.9 Å². The van der Waals surface area contributed by atoms with Crippen LogP contribution >= 0.6 is 0 Å². The highest BCUT2D eigenvalue weighted by Crippen LogP contribution is 2.02. The Balaban J connectivity index is 5.15. The Hall–Kier alpha value is -3.50. The lowest BCUT2D eigenvalue weighted by molar-refractivity contribution is -0.143. The summed E-state index contributed by atoms with van der Waals surface area (Å²) in [6.07, 6.45) is -1.82. The van der Waals surface area contributed by atoms with E-state index in [9.17, 15) is 39.3 Å². The van der Waals surface area contributed by atoms with Crippen LogP contribution in [0.2, 0.25) is 0 Å². The third-order valence-electron chi connectivity index (χ3n) is 4.20. The molecule has 16 nitrogen and oxygen atoms in total. The van der Waals surface area contributed by atoms with Gasteiger partial charge in [-0.2, -0.15) is 0 Å². The summed E-state index contributed by atoms with van der Waals surface area (Å²) in [5, 5.41) is 35.0. The fraction of sp³-hybridized carbons (Fsp3) is 0.647. The largest absolute Gasteiger partial charge is 0.480 e. The summed E-state index contributed by atoms with van der Waals surface area (Å²) in [5.74, 6) is -5.47. The number of carboxylic acid groups (broad SMARTS) is 1. The van der Waals surface area contributed by atoms with Crippen molar-refractivity contribution in [1.82, 2.24) is 16.0 Å². The van der Waals surface area contributed by atoms with E-state index in [2.05, 4.69) is 20.9 Å². The fourth-order valence-electron chi connectivity index (χ4n) is 2.46. The van der Waals surface area contributed by atoms with E-state index in [1.807, 2.05) is 0 Å². The van der Waals surface area contributed by atoms with Crippen LogP contribution in [0.3, 0.4) is 0 Å². The number of amides is 4. The number of aliphatic imine (C=N–C) groups is 1. The quantitative estimate of drug-likeness (QED) is 0.0602. The number of aliphatic carboxylic acids is 1. The molecule has 33 heavy (non-hydrogen) atoms. The highest BCUT2D eigenvalue weighted by atomic mass is 16.4. The predicted molar refractivity (Wildman–Crippen MR) is 114 cm³/mol. The van der Waals surface area contributed by atoms with Gasteiger partial charge >= 0.3 is 5.97 Å². The van der Waals surface area contributed by atoms with Crippen LogP contribution < -0.4 is 38.9 Å². The highest BCUT2D eigenvalue weighted by molar-refractivity contribution is 5.95. The molecule has 16 heteroatoms. The average Bonchev–Trinajstić information content (AvgIpc) is 2.70. The molecule has 0 rings (SSSR count). The summed E-state index contributed by atoms with van der Waals surface area (Å²) < 4.78 is 0. The van der Waals surface area contributed by atoms with Crippen molar-refractivity contribution in [2.75, 3.05) is 13.2 Å². The van der Waals surface area contributed by atoms with E-state index in [0.29, 0.717) is 0 Å². The molecular formula is C17H32N8O8. The molecule has 0 heterocycles. The Morgan fingerprint density at radius 2 is 1.52 bits per heavy atom. The van der Waals surface area contributed by atoms with Gasteiger partial charge in [0.15, 0.2) is 5.96 Å². The van der Waals surface area contributed by atoms with E-state index >= 15 is 0 Å². The van der Waals surface area contributed by atoms with Gasteiger partial charge in [-0.1, -0.05) is 0 Å². The smallest absolute Gasteiger partial charge is 0.326 e. The maximum atomic E-state index is 12.5. The number of carboxylic acids is 1. The topological polar surface area (TPSA) is 299 Å². The number of nitrogens with one attached hydrogen (secondary N) is 3. The molecule has 0 unspecified atom stereocenters. The number of carbonyl (C=O) groups excluding carboxylic acids is 4. The van der Waals surface area contributed by atoms with Gasteiger partial charge in [0.1, 0.15) is 18.1 Å². The zero-order valence-corrected chi connectivity index (χ0v) is 18.1. The molecule has 0 spiro atoms. The van der Waals surface area contributed by atoms with Gasteiger partial charge in [0, 0.05) is 6.54 Å². The van der Waals surface area contributed by atoms with Gasteiger partial charge in [0.05, 0.1) is 25.2 Å². The number of rotatable bonds is 15. The molecule has 4 amide bonds. The Morgan fingerprint density at radius 3 is 1.97 bits per heavy atom. The molecule has 0 aliphatic rings. The number of hydrogen-bond donors (Lipinski definition) is 10. The van der Waals surface area contributed by atoms with Crippen molar-refractivity contribution in [3.63, 3.8) is 0 Å². The van der Waals surface area contributed by atoms with Crippen molar-refractivity contribution in [3.8, 4) is 0 Å². The van der Waals surface area contributed by atoms with Crippen LogP contribution in [0.25, 0.3) is 0 Å². The number of aliphatic hydroxyl groups excluding tert-OH is 2. The molecular weight excluding hydrogens is 444 g/mol. The van der Waals surface area contributed by atoms with Crippen molar-refractivity contribution >= 4 is 35.6 Å². The molecule has 0 fully saturated rings. The first-order chi connectivity index (χ1) is 15.3. The molecule has 0 aromatic rings. The van der Waals surface area contributed by atoms with E-state index in [-0.39, 0.29) is 25.3 Å². The molecule has 188 valence electrons. The fourth-order valence-corrected chi connectivity index (χ4v) is 2.46. The average molecular weight is 476 g/mol. The van der Waals surface area contributed by atoms with Crippen LogP contribution in [0, 0.1) is 0 Å². The predicted octanol–water partition coefficient (Wildman–Crippen LogP) is -5.85. The molecule has 14 N–H and O–H groups in total. The van der Waals surface area contributed by atoms with Gasteiger partial charge in [-0.05, 0) is 19.8 Å². The van der Waals surface area contributed by atoms with Gasteiger partial charge in [0.25, 0.3) is 0 Å². The normalized spacial score (nSPS) is 15.2. The van der Waals surface area contributed by atoms with Crippen LogP contribution in [0.15, 0.2) is 4.99 Å². The molecule has 0 aliphatic heterocycles. The lowest BCUT2D eigenvalue weighted by Gasteiger charge is -2.25. The Morgan fingerprint density at radius 1 is 0.939 bits per heavy atom. The minimum atomic E-state index is -1.62. The summed E-state index contributed by atoms with van der Waals surface area (Å²) in [6, 6.07) is -5.96. The van der Waals surface area contributed by atoms with Crippen molar-refractivity contribution in [2.24, 2.45) is 27.9 Å². The molecule has 5 atom stereocenters. The minimum absolute atomic E-state index is 0.0502. The summed E-state index contributed by atoms with van der Waals surface area (Å²) in [4.78, 5) is 62.8. The highest BCUT2D eigenvalue weighted by Gasteiger charge is 2.32. The summed E-state index contributed by atoms with van der Waals surface area (Å²) in [7, 11) is 0. The van der Waals surface area contributed by atoms with Crippen LogP contribution in [0.1, 0.15) is 26.2 Å². The van der Waals surface area contributed by atoms with Crippen LogP contribution in [-0.2, 0) is 24.0 Å². The Labute approximate surface area is 189 Å². The maximum absolute atomic E-state index is 12.5. The van der Waals surface area contributed by atoms with E-state index in [4.69, 9.17) is 22.9 Å². The van der Waals surface area contributed by atoms with Gasteiger partial charge in [-0.25, -0.2) is 4.79 Å². The minimum Gasteiger partial charge on any atom is -0.480 e. The zero-order valence-electron chi connectivity index (χ0n) is 18.1. The van der Waals surface area contributed by atoms with Gasteiger partial charge in [0.2, 0.25) is 23.6 Å². The first kappa shape index (κ1) is 29.5. The standard InChI is InChI=1S/C17H32N8O8/c1-7(27)12(15(31)23-9(16(32)33)3-2-4-22-17(20)21)25-14(30)10(6-26)24-13(29)8(18)5-11(19)28/h7-10,12,26-27H,2-6,18H2,1H3,(H2,19,28)(H,23,31)(H,24,29)(H,25,30)(H,32,33)(H4,20,21,22)/t7-,8+,9+,10+,12+/m1/s1. The third-order valence-corrected chi connectivity index (χ3v) is 4.20. The van der Waals surface area contributed by atoms with E-state index in [0.717, 1.165) is 6.92 Å². The van der Waals surface area contributed by atoms with Crippen molar-refractivity contribution < 1.29 is 39.3 Å². The molecule has 0 aliphatic carbocycles. The number of carbonyl (C=O) groups is 5. The van der Waals surface area contributed by atoms with Crippen LogP contribution in [0.4, 0.5) is 0 Å². The van der Waals surface area contributed by atoms with Crippen LogP contribution in [0.5, 0.6) is 0 Å². The number of aliphatic hydroxyl groups is 2.